The van der Waals surface area contributed by atoms with Crippen LogP contribution < -0.4 is 5.73 Å². The van der Waals surface area contributed by atoms with Gasteiger partial charge in [-0.1, -0.05) is 22.9 Å². The molecular formula is C14H15BrF3N3. The Balaban J connectivity index is 2.43. The third kappa shape index (κ3) is 3.47. The molecule has 1 aromatic heterocycles. The Bertz CT molecular complexity index is 622. The van der Waals surface area contributed by atoms with Crippen LogP contribution in [0.2, 0.25) is 0 Å². The van der Waals surface area contributed by atoms with Crippen LogP contribution >= 0.6 is 15.9 Å². The van der Waals surface area contributed by atoms with Crippen LogP contribution in [0.15, 0.2) is 34.9 Å². The fourth-order valence-corrected chi connectivity index (χ4v) is 2.62. The molecule has 21 heavy (non-hydrogen) atoms. The first-order valence-electron chi connectivity index (χ1n) is 6.48. The molecule has 0 saturated carbocycles. The van der Waals surface area contributed by atoms with Crippen LogP contribution in [0.25, 0.3) is 0 Å². The summed E-state index contributed by atoms with van der Waals surface area (Å²) < 4.78 is 40.8. The third-order valence-corrected chi connectivity index (χ3v) is 3.88. The van der Waals surface area contributed by atoms with Crippen molar-refractivity contribution in [2.75, 3.05) is 0 Å². The van der Waals surface area contributed by atoms with Gasteiger partial charge >= 0.3 is 6.18 Å². The molecule has 0 radical (unpaired) electrons. The molecule has 0 spiro atoms. The van der Waals surface area contributed by atoms with Gasteiger partial charge in [0.05, 0.1) is 17.3 Å². The number of halogens is 4. The van der Waals surface area contributed by atoms with E-state index in [9.17, 15) is 13.2 Å². The van der Waals surface area contributed by atoms with Crippen molar-refractivity contribution in [3.63, 3.8) is 0 Å². The lowest BCUT2D eigenvalue weighted by molar-refractivity contribution is -0.137. The zero-order chi connectivity index (χ0) is 15.6. The number of benzene rings is 1. The van der Waals surface area contributed by atoms with Crippen LogP contribution in [0.4, 0.5) is 13.2 Å². The van der Waals surface area contributed by atoms with E-state index in [1.807, 2.05) is 6.92 Å². The molecule has 0 saturated heterocycles. The molecule has 114 valence electrons. The van der Waals surface area contributed by atoms with Crippen molar-refractivity contribution >= 4 is 15.9 Å². The Morgan fingerprint density at radius 2 is 2.05 bits per heavy atom. The van der Waals surface area contributed by atoms with E-state index in [0.717, 1.165) is 18.6 Å². The maximum Gasteiger partial charge on any atom is 0.416 e. The van der Waals surface area contributed by atoms with Gasteiger partial charge < -0.3 is 5.73 Å². The number of nitrogens with two attached hydrogens (primary N) is 1. The summed E-state index contributed by atoms with van der Waals surface area (Å²) in [6.07, 6.45) is -1.92. The highest BCUT2D eigenvalue weighted by Crippen LogP contribution is 2.34. The number of alkyl halides is 3. The number of hydrogen-bond donors (Lipinski definition) is 1. The Hall–Kier alpha value is -1.34. The van der Waals surface area contributed by atoms with Crippen molar-refractivity contribution in [2.24, 2.45) is 5.73 Å². The van der Waals surface area contributed by atoms with Crippen LogP contribution in [0.3, 0.4) is 0 Å². The SMILES string of the molecule is CCCn1nccc1C(N)c1cc(C(F)(F)F)ccc1Br. The Morgan fingerprint density at radius 1 is 1.33 bits per heavy atom. The van der Waals surface area contributed by atoms with Crippen LogP contribution in [0.5, 0.6) is 0 Å². The average Bonchev–Trinajstić information content (AvgIpc) is 2.86. The Kier molecular flexibility index (Phi) is 4.73. The van der Waals surface area contributed by atoms with Gasteiger partial charge in [-0.2, -0.15) is 18.3 Å². The van der Waals surface area contributed by atoms with Crippen LogP contribution in [-0.4, -0.2) is 9.78 Å². The van der Waals surface area contributed by atoms with Crippen molar-refractivity contribution in [1.82, 2.24) is 9.78 Å². The van der Waals surface area contributed by atoms with Crippen LogP contribution in [0.1, 0.15) is 36.2 Å². The highest BCUT2D eigenvalue weighted by Gasteiger charge is 2.31. The normalized spacial score (nSPS) is 13.4. The number of aromatic nitrogens is 2. The van der Waals surface area contributed by atoms with Gasteiger partial charge in [0.25, 0.3) is 0 Å². The first-order chi connectivity index (χ1) is 9.84. The lowest BCUT2D eigenvalue weighted by Crippen LogP contribution is -2.19. The highest BCUT2D eigenvalue weighted by atomic mass is 79.9. The lowest BCUT2D eigenvalue weighted by atomic mass is 10.0. The summed E-state index contributed by atoms with van der Waals surface area (Å²) in [7, 11) is 0. The van der Waals surface area contributed by atoms with Gasteiger partial charge in [0, 0.05) is 17.2 Å². The lowest BCUT2D eigenvalue weighted by Gasteiger charge is -2.17. The molecule has 2 aromatic rings. The molecule has 1 aromatic carbocycles. The van der Waals surface area contributed by atoms with E-state index in [1.54, 1.807) is 16.9 Å². The monoisotopic (exact) mass is 361 g/mol. The first kappa shape index (κ1) is 16.0. The van der Waals surface area contributed by atoms with Crippen molar-refractivity contribution < 1.29 is 13.2 Å². The maximum atomic E-state index is 12.8. The molecule has 0 aliphatic heterocycles. The predicted molar refractivity (Wildman–Crippen MR) is 77.7 cm³/mol. The first-order valence-corrected chi connectivity index (χ1v) is 7.27. The minimum absolute atomic E-state index is 0.391. The van der Waals surface area contributed by atoms with E-state index in [4.69, 9.17) is 5.73 Å². The van der Waals surface area contributed by atoms with E-state index in [-0.39, 0.29) is 0 Å². The fourth-order valence-electron chi connectivity index (χ4n) is 2.12. The molecule has 0 aliphatic carbocycles. The summed E-state index contributed by atoms with van der Waals surface area (Å²) in [5.74, 6) is 0. The third-order valence-electron chi connectivity index (χ3n) is 3.16. The molecule has 0 bridgehead atoms. The van der Waals surface area contributed by atoms with Gasteiger partial charge in [-0.3, -0.25) is 4.68 Å². The molecule has 7 heteroatoms. The zero-order valence-corrected chi connectivity index (χ0v) is 12.9. The second-order valence-corrected chi connectivity index (χ2v) is 5.55. The summed E-state index contributed by atoms with van der Waals surface area (Å²) in [5.41, 5.74) is 6.52. The summed E-state index contributed by atoms with van der Waals surface area (Å²) in [6, 6.07) is 4.54. The molecule has 3 nitrogen and oxygen atoms in total. The van der Waals surface area contributed by atoms with Gasteiger partial charge in [-0.15, -0.1) is 0 Å². The number of hydrogen-bond acceptors (Lipinski definition) is 2. The van der Waals surface area contributed by atoms with E-state index < -0.39 is 17.8 Å². The predicted octanol–water partition coefficient (Wildman–Crippen LogP) is 4.12. The fraction of sp³-hybridized carbons (Fsp3) is 0.357. The Labute approximate surface area is 129 Å². The van der Waals surface area contributed by atoms with Gasteiger partial charge in [-0.05, 0) is 36.2 Å². The summed E-state index contributed by atoms with van der Waals surface area (Å²) in [4.78, 5) is 0. The average molecular weight is 362 g/mol. The number of nitrogens with zero attached hydrogens (tertiary/aromatic N) is 2. The Morgan fingerprint density at radius 3 is 2.67 bits per heavy atom. The molecule has 0 amide bonds. The van der Waals surface area contributed by atoms with E-state index >= 15 is 0 Å². The van der Waals surface area contributed by atoms with Crippen molar-refractivity contribution in [3.8, 4) is 0 Å². The molecule has 1 atom stereocenters. The summed E-state index contributed by atoms with van der Waals surface area (Å²) >= 11 is 3.27. The molecule has 2 rings (SSSR count). The standard InChI is InChI=1S/C14H15BrF3N3/c1-2-7-21-12(5-6-20-21)13(19)10-8-9(14(16,17)18)3-4-11(10)15/h3-6,8,13H,2,7,19H2,1H3. The molecule has 2 N–H and O–H groups in total. The number of aryl methyl sites for hydroxylation is 1. The summed E-state index contributed by atoms with van der Waals surface area (Å²) in [6.45, 7) is 2.67. The molecule has 1 heterocycles. The van der Waals surface area contributed by atoms with Gasteiger partial charge in [0.15, 0.2) is 0 Å². The quantitative estimate of drug-likeness (QED) is 0.889. The number of rotatable bonds is 4. The maximum absolute atomic E-state index is 12.8. The van der Waals surface area contributed by atoms with Crippen LogP contribution in [0, 0.1) is 0 Å². The zero-order valence-electron chi connectivity index (χ0n) is 11.4. The van der Waals surface area contributed by atoms with E-state index in [2.05, 4.69) is 21.0 Å². The largest absolute Gasteiger partial charge is 0.416 e. The molecule has 0 aliphatic rings. The van der Waals surface area contributed by atoms with Crippen LogP contribution in [-0.2, 0) is 12.7 Å². The van der Waals surface area contributed by atoms with Gasteiger partial charge in [-0.25, -0.2) is 0 Å². The topological polar surface area (TPSA) is 43.8 Å². The molecular weight excluding hydrogens is 347 g/mol. The second-order valence-electron chi connectivity index (χ2n) is 4.69. The van der Waals surface area contributed by atoms with Crippen molar-refractivity contribution in [1.29, 1.82) is 0 Å². The highest BCUT2D eigenvalue weighted by molar-refractivity contribution is 9.10. The van der Waals surface area contributed by atoms with E-state index in [1.165, 1.54) is 6.07 Å². The molecule has 1 unspecified atom stereocenters. The van der Waals surface area contributed by atoms with E-state index in [0.29, 0.717) is 22.3 Å². The van der Waals surface area contributed by atoms with Gasteiger partial charge in [0.2, 0.25) is 0 Å². The minimum Gasteiger partial charge on any atom is -0.319 e. The van der Waals surface area contributed by atoms with Crippen molar-refractivity contribution in [2.45, 2.75) is 32.1 Å². The summed E-state index contributed by atoms with van der Waals surface area (Å²) in [5, 5.41) is 4.15. The van der Waals surface area contributed by atoms with Crippen molar-refractivity contribution in [3.05, 3.63) is 51.8 Å². The smallest absolute Gasteiger partial charge is 0.319 e. The van der Waals surface area contributed by atoms with Gasteiger partial charge in [0.1, 0.15) is 0 Å². The second kappa shape index (κ2) is 6.19. The minimum atomic E-state index is -4.39. The molecule has 0 fully saturated rings.